The smallest absolute Gasteiger partial charge is 0.358 e. The number of rotatable bonds is 6. The Morgan fingerprint density at radius 2 is 2.30 bits per heavy atom. The first-order valence-corrected chi connectivity index (χ1v) is 7.17. The molecule has 6 nitrogen and oxygen atoms in total. The Morgan fingerprint density at radius 1 is 1.55 bits per heavy atom. The molecule has 2 heterocycles. The van der Waals surface area contributed by atoms with Gasteiger partial charge in [-0.1, -0.05) is 0 Å². The third-order valence-corrected chi connectivity index (χ3v) is 3.50. The van der Waals surface area contributed by atoms with Crippen molar-refractivity contribution in [1.82, 2.24) is 9.78 Å². The van der Waals surface area contributed by atoms with E-state index in [9.17, 15) is 4.79 Å². The van der Waals surface area contributed by atoms with Crippen LogP contribution >= 0.6 is 0 Å². The lowest BCUT2D eigenvalue weighted by molar-refractivity contribution is 0.0518. The molecule has 0 amide bonds. The summed E-state index contributed by atoms with van der Waals surface area (Å²) < 4.78 is 12.0. The Bertz CT molecular complexity index is 438. The van der Waals surface area contributed by atoms with E-state index in [-0.39, 0.29) is 6.61 Å². The van der Waals surface area contributed by atoms with E-state index in [2.05, 4.69) is 5.10 Å². The molecule has 0 bridgehead atoms. The van der Waals surface area contributed by atoms with Crippen molar-refractivity contribution in [2.75, 3.05) is 26.4 Å². The van der Waals surface area contributed by atoms with Gasteiger partial charge in [0.1, 0.15) is 0 Å². The summed E-state index contributed by atoms with van der Waals surface area (Å²) in [6, 6.07) is 1.78. The van der Waals surface area contributed by atoms with Gasteiger partial charge < -0.3 is 14.6 Å². The maximum atomic E-state index is 11.7. The van der Waals surface area contributed by atoms with E-state index < -0.39 is 5.97 Å². The molecule has 0 aromatic carbocycles. The summed E-state index contributed by atoms with van der Waals surface area (Å²) in [7, 11) is 0. The highest BCUT2D eigenvalue weighted by Gasteiger charge is 2.20. The molecule has 0 radical (unpaired) electrons. The molecule has 0 aliphatic carbocycles. The van der Waals surface area contributed by atoms with E-state index in [0.717, 1.165) is 38.2 Å². The highest BCUT2D eigenvalue weighted by molar-refractivity contribution is 5.87. The third-order valence-electron chi connectivity index (χ3n) is 3.50. The molecule has 1 saturated heterocycles. The SMILES string of the molecule is CCOC(=O)c1cc(CC2CCOCC2)n(CCO)n1. The van der Waals surface area contributed by atoms with Gasteiger partial charge in [-0.2, -0.15) is 5.10 Å². The Balaban J connectivity index is 2.10. The Morgan fingerprint density at radius 3 is 2.95 bits per heavy atom. The van der Waals surface area contributed by atoms with Crippen molar-refractivity contribution in [1.29, 1.82) is 0 Å². The molecule has 0 unspecified atom stereocenters. The minimum absolute atomic E-state index is 0.00469. The predicted octanol–water partition coefficient (Wildman–Crippen LogP) is 1.02. The van der Waals surface area contributed by atoms with Crippen LogP contribution < -0.4 is 0 Å². The number of nitrogens with zero attached hydrogens (tertiary/aromatic N) is 2. The first-order chi connectivity index (χ1) is 9.74. The van der Waals surface area contributed by atoms with Gasteiger partial charge in [-0.25, -0.2) is 4.79 Å². The van der Waals surface area contributed by atoms with Gasteiger partial charge in [0.15, 0.2) is 5.69 Å². The number of esters is 1. The van der Waals surface area contributed by atoms with E-state index in [0.29, 0.717) is 24.8 Å². The summed E-state index contributed by atoms with van der Waals surface area (Å²) in [5, 5.41) is 13.3. The minimum Gasteiger partial charge on any atom is -0.461 e. The van der Waals surface area contributed by atoms with Crippen LogP contribution in [0.2, 0.25) is 0 Å². The van der Waals surface area contributed by atoms with Crippen LogP contribution in [0.4, 0.5) is 0 Å². The summed E-state index contributed by atoms with van der Waals surface area (Å²) in [5.74, 6) is 0.144. The fraction of sp³-hybridized carbons (Fsp3) is 0.714. The van der Waals surface area contributed by atoms with Crippen LogP contribution in [0.15, 0.2) is 6.07 Å². The zero-order chi connectivity index (χ0) is 14.4. The second-order valence-electron chi connectivity index (χ2n) is 4.95. The normalized spacial score (nSPS) is 16.3. The van der Waals surface area contributed by atoms with Gasteiger partial charge in [-0.3, -0.25) is 4.68 Å². The zero-order valence-electron chi connectivity index (χ0n) is 11.9. The third kappa shape index (κ3) is 3.80. The largest absolute Gasteiger partial charge is 0.461 e. The molecular formula is C14H22N2O4. The van der Waals surface area contributed by atoms with Gasteiger partial charge in [-0.05, 0) is 38.2 Å². The number of ether oxygens (including phenoxy) is 2. The molecule has 1 fully saturated rings. The lowest BCUT2D eigenvalue weighted by Crippen LogP contribution is -2.19. The Hall–Kier alpha value is -1.40. The van der Waals surface area contributed by atoms with Crippen molar-refractivity contribution in [3.63, 3.8) is 0 Å². The summed E-state index contributed by atoms with van der Waals surface area (Å²) in [4.78, 5) is 11.7. The zero-order valence-corrected chi connectivity index (χ0v) is 11.9. The van der Waals surface area contributed by atoms with Crippen LogP contribution in [-0.2, 0) is 22.4 Å². The lowest BCUT2D eigenvalue weighted by atomic mass is 9.95. The molecular weight excluding hydrogens is 260 g/mol. The summed E-state index contributed by atoms with van der Waals surface area (Å²) in [6.07, 6.45) is 2.91. The molecule has 1 aromatic heterocycles. The topological polar surface area (TPSA) is 73.6 Å². The first kappa shape index (κ1) is 15.0. The summed E-state index contributed by atoms with van der Waals surface area (Å²) >= 11 is 0. The summed E-state index contributed by atoms with van der Waals surface area (Å²) in [6.45, 7) is 4.10. The molecule has 6 heteroatoms. The average Bonchev–Trinajstić information content (AvgIpc) is 2.84. The molecule has 0 atom stereocenters. The van der Waals surface area contributed by atoms with E-state index >= 15 is 0 Å². The van der Waals surface area contributed by atoms with Gasteiger partial charge in [0, 0.05) is 18.9 Å². The Labute approximate surface area is 118 Å². The van der Waals surface area contributed by atoms with Crippen molar-refractivity contribution >= 4 is 5.97 Å². The van der Waals surface area contributed by atoms with Crippen LogP contribution in [0, 0.1) is 5.92 Å². The fourth-order valence-corrected chi connectivity index (χ4v) is 2.46. The van der Waals surface area contributed by atoms with Gasteiger partial charge in [0.25, 0.3) is 0 Å². The molecule has 0 saturated carbocycles. The monoisotopic (exact) mass is 282 g/mol. The number of aliphatic hydroxyl groups excluding tert-OH is 1. The van der Waals surface area contributed by atoms with Crippen LogP contribution in [0.5, 0.6) is 0 Å². The molecule has 2 rings (SSSR count). The van der Waals surface area contributed by atoms with Crippen LogP contribution in [0.3, 0.4) is 0 Å². The van der Waals surface area contributed by atoms with Crippen molar-refractivity contribution in [3.8, 4) is 0 Å². The number of hydrogen-bond acceptors (Lipinski definition) is 5. The van der Waals surface area contributed by atoms with Gasteiger partial charge in [0.05, 0.1) is 19.8 Å². The van der Waals surface area contributed by atoms with Gasteiger partial charge >= 0.3 is 5.97 Å². The fourth-order valence-electron chi connectivity index (χ4n) is 2.46. The van der Waals surface area contributed by atoms with E-state index in [4.69, 9.17) is 14.6 Å². The van der Waals surface area contributed by atoms with Crippen molar-refractivity contribution in [2.45, 2.75) is 32.7 Å². The molecule has 1 aliphatic rings. The standard InChI is InChI=1S/C14H22N2O4/c1-2-20-14(18)13-10-12(16(15-13)5-6-17)9-11-3-7-19-8-4-11/h10-11,17H,2-9H2,1H3. The van der Waals surface area contributed by atoms with E-state index in [1.54, 1.807) is 17.7 Å². The number of hydrogen-bond donors (Lipinski definition) is 1. The molecule has 112 valence electrons. The van der Waals surface area contributed by atoms with Crippen molar-refractivity contribution in [3.05, 3.63) is 17.5 Å². The molecule has 1 N–H and O–H groups in total. The van der Waals surface area contributed by atoms with Crippen molar-refractivity contribution < 1.29 is 19.4 Å². The second kappa shape index (κ2) is 7.40. The lowest BCUT2D eigenvalue weighted by Gasteiger charge is -2.22. The van der Waals surface area contributed by atoms with Gasteiger partial charge in [-0.15, -0.1) is 0 Å². The number of aromatic nitrogens is 2. The minimum atomic E-state index is -0.405. The van der Waals surface area contributed by atoms with E-state index in [1.807, 2.05) is 0 Å². The van der Waals surface area contributed by atoms with Crippen LogP contribution in [0.25, 0.3) is 0 Å². The molecule has 1 aromatic rings. The van der Waals surface area contributed by atoms with Gasteiger partial charge in [0.2, 0.25) is 0 Å². The number of carbonyl (C=O) groups excluding carboxylic acids is 1. The highest BCUT2D eigenvalue weighted by atomic mass is 16.5. The van der Waals surface area contributed by atoms with Crippen molar-refractivity contribution in [2.24, 2.45) is 5.92 Å². The van der Waals surface area contributed by atoms with E-state index in [1.165, 1.54) is 0 Å². The van der Waals surface area contributed by atoms with Crippen LogP contribution in [-0.4, -0.2) is 47.3 Å². The second-order valence-corrected chi connectivity index (χ2v) is 4.95. The predicted molar refractivity (Wildman–Crippen MR) is 72.5 cm³/mol. The molecule has 20 heavy (non-hydrogen) atoms. The maximum absolute atomic E-state index is 11.7. The molecule has 0 spiro atoms. The maximum Gasteiger partial charge on any atom is 0.358 e. The average molecular weight is 282 g/mol. The van der Waals surface area contributed by atoms with Crippen LogP contribution in [0.1, 0.15) is 35.9 Å². The first-order valence-electron chi connectivity index (χ1n) is 7.17. The number of carbonyl (C=O) groups is 1. The number of aliphatic hydroxyl groups is 1. The summed E-state index contributed by atoms with van der Waals surface area (Å²) in [5.41, 5.74) is 1.30. The quantitative estimate of drug-likeness (QED) is 0.789. The molecule has 1 aliphatic heterocycles. The highest BCUT2D eigenvalue weighted by Crippen LogP contribution is 2.20. The Kier molecular flexibility index (Phi) is 5.55.